The second kappa shape index (κ2) is 3.34. The van der Waals surface area contributed by atoms with E-state index >= 15 is 0 Å². The first-order valence-corrected chi connectivity index (χ1v) is 4.97. The van der Waals surface area contributed by atoms with Crippen LogP contribution in [0.5, 0.6) is 0 Å². The van der Waals surface area contributed by atoms with Gasteiger partial charge in [-0.2, -0.15) is 5.10 Å². The normalized spacial score (nSPS) is 10.8. The Morgan fingerprint density at radius 3 is 2.81 bits per heavy atom. The number of H-pyrrole nitrogens is 2. The molecule has 0 aliphatic carbocycles. The van der Waals surface area contributed by atoms with E-state index in [1.54, 1.807) is 18.3 Å². The molecule has 0 spiro atoms. The van der Waals surface area contributed by atoms with Crippen LogP contribution in [-0.2, 0) is 0 Å². The zero-order valence-electron chi connectivity index (χ0n) is 8.40. The molecule has 0 bridgehead atoms. The van der Waals surface area contributed by atoms with Crippen molar-refractivity contribution in [3.05, 3.63) is 52.9 Å². The number of hydrogen-bond donors (Lipinski definition) is 2. The Kier molecular flexibility index (Phi) is 1.86. The maximum atomic E-state index is 11.7. The Bertz CT molecular complexity index is 696. The average Bonchev–Trinajstić information content (AvgIpc) is 2.74. The number of rotatable bonds is 1. The summed E-state index contributed by atoms with van der Waals surface area (Å²) in [6.45, 7) is 0. The van der Waals surface area contributed by atoms with Gasteiger partial charge in [0.05, 0.1) is 11.1 Å². The van der Waals surface area contributed by atoms with Gasteiger partial charge in [-0.1, -0.05) is 18.2 Å². The lowest BCUT2D eigenvalue weighted by Crippen LogP contribution is -2.07. The summed E-state index contributed by atoms with van der Waals surface area (Å²) in [5.74, 6) is 0. The van der Waals surface area contributed by atoms with E-state index in [0.29, 0.717) is 11.3 Å². The van der Waals surface area contributed by atoms with Gasteiger partial charge in [-0.15, -0.1) is 0 Å². The van der Waals surface area contributed by atoms with Crippen LogP contribution < -0.4 is 5.56 Å². The van der Waals surface area contributed by atoms with Crippen LogP contribution in [0.3, 0.4) is 0 Å². The minimum Gasteiger partial charge on any atom is -0.329 e. The van der Waals surface area contributed by atoms with Gasteiger partial charge in [0.2, 0.25) is 0 Å². The molecule has 2 N–H and O–H groups in total. The largest absolute Gasteiger partial charge is 0.329 e. The molecule has 4 heteroatoms. The minimum atomic E-state index is -0.125. The van der Waals surface area contributed by atoms with Gasteiger partial charge in [-0.25, -0.2) is 0 Å². The molecule has 0 fully saturated rings. The van der Waals surface area contributed by atoms with Crippen LogP contribution in [0.25, 0.3) is 22.2 Å². The van der Waals surface area contributed by atoms with Crippen molar-refractivity contribution < 1.29 is 0 Å². The molecule has 0 amide bonds. The summed E-state index contributed by atoms with van der Waals surface area (Å²) >= 11 is 0. The summed E-state index contributed by atoms with van der Waals surface area (Å²) in [7, 11) is 0. The first kappa shape index (κ1) is 8.91. The summed E-state index contributed by atoms with van der Waals surface area (Å²) in [6, 6.07) is 11.3. The van der Waals surface area contributed by atoms with E-state index in [1.165, 1.54) is 0 Å². The molecule has 16 heavy (non-hydrogen) atoms. The first-order chi connectivity index (χ1) is 7.86. The molecule has 78 valence electrons. The minimum absolute atomic E-state index is 0.125. The van der Waals surface area contributed by atoms with E-state index < -0.39 is 0 Å². The van der Waals surface area contributed by atoms with E-state index in [0.717, 1.165) is 10.9 Å². The van der Waals surface area contributed by atoms with Crippen LogP contribution in [0.1, 0.15) is 0 Å². The lowest BCUT2D eigenvalue weighted by atomic mass is 10.1. The number of hydrogen-bond acceptors (Lipinski definition) is 2. The number of fused-ring (bicyclic) bond motifs is 1. The summed E-state index contributed by atoms with van der Waals surface area (Å²) in [4.78, 5) is 14.3. The summed E-state index contributed by atoms with van der Waals surface area (Å²) in [5.41, 5.74) is 2.08. The van der Waals surface area contributed by atoms with Crippen molar-refractivity contribution in [2.75, 3.05) is 0 Å². The maximum Gasteiger partial charge on any atom is 0.257 e. The van der Waals surface area contributed by atoms with Crippen molar-refractivity contribution >= 4 is 10.9 Å². The fourth-order valence-corrected chi connectivity index (χ4v) is 1.78. The van der Waals surface area contributed by atoms with Gasteiger partial charge < -0.3 is 4.98 Å². The highest BCUT2D eigenvalue weighted by Crippen LogP contribution is 2.22. The van der Waals surface area contributed by atoms with Crippen LogP contribution in [0.2, 0.25) is 0 Å². The number of nitrogens with one attached hydrogen (secondary N) is 2. The number of pyridine rings is 1. The highest BCUT2D eigenvalue weighted by Gasteiger charge is 2.09. The molecule has 3 rings (SSSR count). The number of aromatic amines is 2. The van der Waals surface area contributed by atoms with Gasteiger partial charge in [0.25, 0.3) is 5.56 Å². The van der Waals surface area contributed by atoms with Crippen molar-refractivity contribution in [2.45, 2.75) is 0 Å². The van der Waals surface area contributed by atoms with Crippen molar-refractivity contribution in [2.24, 2.45) is 0 Å². The molecule has 1 aromatic carbocycles. The Morgan fingerprint density at radius 2 is 1.94 bits per heavy atom. The lowest BCUT2D eigenvalue weighted by Gasteiger charge is -1.95. The van der Waals surface area contributed by atoms with Crippen molar-refractivity contribution in [3.63, 3.8) is 0 Å². The van der Waals surface area contributed by atoms with Crippen molar-refractivity contribution in [1.82, 2.24) is 15.2 Å². The van der Waals surface area contributed by atoms with Crippen molar-refractivity contribution in [1.29, 1.82) is 0 Å². The summed E-state index contributed by atoms with van der Waals surface area (Å²) < 4.78 is 0. The highest BCUT2D eigenvalue weighted by atomic mass is 16.1. The fraction of sp³-hybridized carbons (Fsp3) is 0. The van der Waals surface area contributed by atoms with Gasteiger partial charge in [0.1, 0.15) is 5.69 Å². The predicted molar refractivity (Wildman–Crippen MR) is 62.2 cm³/mol. The highest BCUT2D eigenvalue weighted by molar-refractivity contribution is 5.92. The second-order valence-corrected chi connectivity index (χ2v) is 3.53. The molecular formula is C12H9N3O. The Labute approximate surface area is 90.9 Å². The van der Waals surface area contributed by atoms with Gasteiger partial charge in [-0.3, -0.25) is 9.89 Å². The number of aromatic nitrogens is 3. The first-order valence-electron chi connectivity index (χ1n) is 4.97. The Hall–Kier alpha value is -2.36. The summed E-state index contributed by atoms with van der Waals surface area (Å²) in [6.07, 6.45) is 1.61. The van der Waals surface area contributed by atoms with Crippen LogP contribution in [0.15, 0.2) is 47.4 Å². The quantitative estimate of drug-likeness (QED) is 0.646. The van der Waals surface area contributed by atoms with E-state index in [9.17, 15) is 4.79 Å². The molecule has 2 heterocycles. The molecule has 0 saturated heterocycles. The number of nitrogens with zero attached hydrogens (tertiary/aromatic N) is 1. The standard InChI is InChI=1S/C12H9N3O/c16-12-9(5-3-7-13-12)11-8-4-1-2-6-10(8)14-15-11/h1-7H,(H,13,16)(H,14,15). The molecule has 0 atom stereocenters. The molecule has 4 nitrogen and oxygen atoms in total. The molecule has 0 aliphatic heterocycles. The second-order valence-electron chi connectivity index (χ2n) is 3.53. The van der Waals surface area contributed by atoms with E-state index in [4.69, 9.17) is 0 Å². The smallest absolute Gasteiger partial charge is 0.257 e. The molecule has 0 radical (unpaired) electrons. The van der Waals surface area contributed by atoms with E-state index in [1.807, 2.05) is 24.3 Å². The Balaban J connectivity index is 2.35. The third-order valence-electron chi connectivity index (χ3n) is 2.54. The maximum absolute atomic E-state index is 11.7. The predicted octanol–water partition coefficient (Wildman–Crippen LogP) is 1.92. The van der Waals surface area contributed by atoms with Gasteiger partial charge >= 0.3 is 0 Å². The van der Waals surface area contributed by atoms with Gasteiger partial charge in [0.15, 0.2) is 0 Å². The van der Waals surface area contributed by atoms with Crippen molar-refractivity contribution in [3.8, 4) is 11.3 Å². The molecular weight excluding hydrogens is 202 g/mol. The SMILES string of the molecule is O=c1[nH]cccc1-c1n[nH]c2ccccc12. The Morgan fingerprint density at radius 1 is 1.06 bits per heavy atom. The van der Waals surface area contributed by atoms with Crippen LogP contribution in [0.4, 0.5) is 0 Å². The number of para-hydroxylation sites is 1. The molecule has 2 aromatic heterocycles. The number of benzene rings is 1. The van der Waals surface area contributed by atoms with Gasteiger partial charge in [-0.05, 0) is 18.2 Å². The molecule has 3 aromatic rings. The third-order valence-corrected chi connectivity index (χ3v) is 2.54. The zero-order chi connectivity index (χ0) is 11.0. The lowest BCUT2D eigenvalue weighted by molar-refractivity contribution is 1.11. The van der Waals surface area contributed by atoms with Crippen LogP contribution in [0, 0.1) is 0 Å². The third kappa shape index (κ3) is 1.24. The van der Waals surface area contributed by atoms with Crippen LogP contribution >= 0.6 is 0 Å². The zero-order valence-corrected chi connectivity index (χ0v) is 8.40. The van der Waals surface area contributed by atoms with Crippen LogP contribution in [-0.4, -0.2) is 15.2 Å². The molecule has 0 saturated carbocycles. The monoisotopic (exact) mass is 211 g/mol. The molecule has 0 unspecified atom stereocenters. The summed E-state index contributed by atoms with van der Waals surface area (Å²) in [5, 5.41) is 8.05. The van der Waals surface area contributed by atoms with Gasteiger partial charge in [0, 0.05) is 11.6 Å². The van der Waals surface area contributed by atoms with E-state index in [-0.39, 0.29) is 5.56 Å². The average molecular weight is 211 g/mol. The fourth-order valence-electron chi connectivity index (χ4n) is 1.78. The molecule has 0 aliphatic rings. The van der Waals surface area contributed by atoms with E-state index in [2.05, 4.69) is 15.2 Å². The topological polar surface area (TPSA) is 61.5 Å².